The standard InChI is InChI=1S/C30H35Cl2N3O5S/c1-5-17-33-30(37)26(6-2)34(19-22-9-7-8-10-25(22)32)29(36)20-35(27-18-23(31)13-16-28(27)40-4)41(38,39)24-14-11-21(3)12-15-24/h7-16,18,26H,5-6,17,19-20H2,1-4H3,(H,33,37)/t26-/m0/s1. The Morgan fingerprint density at radius 1 is 1.00 bits per heavy atom. The Kier molecular flexibility index (Phi) is 11.5. The first-order valence-corrected chi connectivity index (χ1v) is 15.5. The predicted octanol–water partition coefficient (Wildman–Crippen LogP) is 5.84. The first kappa shape index (κ1) is 32.2. The zero-order valence-corrected chi connectivity index (χ0v) is 25.9. The van der Waals surface area contributed by atoms with Gasteiger partial charge in [-0.2, -0.15) is 0 Å². The lowest BCUT2D eigenvalue weighted by atomic mass is 10.1. The number of methoxy groups -OCH3 is 1. The van der Waals surface area contributed by atoms with Crippen molar-refractivity contribution in [1.82, 2.24) is 10.2 Å². The summed E-state index contributed by atoms with van der Waals surface area (Å²) in [4.78, 5) is 28.7. The van der Waals surface area contributed by atoms with Crippen molar-refractivity contribution in [2.75, 3.05) is 24.5 Å². The van der Waals surface area contributed by atoms with Gasteiger partial charge in [-0.05, 0) is 61.7 Å². The molecule has 0 unspecified atom stereocenters. The minimum absolute atomic E-state index is 0.00165. The van der Waals surface area contributed by atoms with E-state index in [1.807, 2.05) is 13.8 Å². The van der Waals surface area contributed by atoms with E-state index in [0.717, 1.165) is 16.3 Å². The molecule has 0 spiro atoms. The number of carbonyl (C=O) groups is 2. The average Bonchev–Trinajstić information content (AvgIpc) is 2.95. The number of ether oxygens (including phenoxy) is 1. The number of amides is 2. The first-order valence-electron chi connectivity index (χ1n) is 13.3. The summed E-state index contributed by atoms with van der Waals surface area (Å²) in [5.41, 5.74) is 1.59. The molecule has 3 aromatic rings. The quantitative estimate of drug-likeness (QED) is 0.259. The van der Waals surface area contributed by atoms with Crippen LogP contribution < -0.4 is 14.4 Å². The van der Waals surface area contributed by atoms with Gasteiger partial charge in [-0.3, -0.25) is 13.9 Å². The molecule has 0 saturated carbocycles. The van der Waals surface area contributed by atoms with Crippen LogP contribution >= 0.6 is 23.2 Å². The van der Waals surface area contributed by atoms with Gasteiger partial charge in [-0.1, -0.05) is 72.9 Å². The number of hydrogen-bond donors (Lipinski definition) is 1. The van der Waals surface area contributed by atoms with Crippen molar-refractivity contribution in [3.63, 3.8) is 0 Å². The van der Waals surface area contributed by atoms with Crippen molar-refractivity contribution in [1.29, 1.82) is 0 Å². The second-order valence-electron chi connectivity index (χ2n) is 9.47. The van der Waals surface area contributed by atoms with Crippen LogP contribution in [0.1, 0.15) is 37.8 Å². The highest BCUT2D eigenvalue weighted by Gasteiger charge is 2.35. The van der Waals surface area contributed by atoms with Crippen LogP contribution in [0.3, 0.4) is 0 Å². The zero-order valence-electron chi connectivity index (χ0n) is 23.6. The van der Waals surface area contributed by atoms with Crippen LogP contribution in [-0.4, -0.2) is 51.4 Å². The number of nitrogens with one attached hydrogen (secondary N) is 1. The number of carbonyl (C=O) groups excluding carboxylic acids is 2. The lowest BCUT2D eigenvalue weighted by Gasteiger charge is -2.33. The largest absolute Gasteiger partial charge is 0.495 e. The summed E-state index contributed by atoms with van der Waals surface area (Å²) in [5.74, 6) is -0.715. The molecule has 3 aromatic carbocycles. The van der Waals surface area contributed by atoms with E-state index < -0.39 is 28.5 Å². The third kappa shape index (κ3) is 7.93. The zero-order chi connectivity index (χ0) is 30.2. The summed E-state index contributed by atoms with van der Waals surface area (Å²) in [5, 5.41) is 3.54. The topological polar surface area (TPSA) is 96.0 Å². The van der Waals surface area contributed by atoms with Crippen molar-refractivity contribution in [2.45, 2.75) is 51.1 Å². The van der Waals surface area contributed by atoms with E-state index in [-0.39, 0.29) is 33.8 Å². The molecule has 0 aliphatic rings. The molecule has 1 atom stereocenters. The summed E-state index contributed by atoms with van der Waals surface area (Å²) < 4.78 is 34.6. The second kappa shape index (κ2) is 14.6. The van der Waals surface area contributed by atoms with E-state index in [9.17, 15) is 18.0 Å². The summed E-state index contributed by atoms with van der Waals surface area (Å²) in [6, 6.07) is 17.0. The van der Waals surface area contributed by atoms with Crippen LogP contribution in [-0.2, 0) is 26.2 Å². The minimum atomic E-state index is -4.28. The number of hydrogen-bond acceptors (Lipinski definition) is 5. The predicted molar refractivity (Wildman–Crippen MR) is 163 cm³/mol. The Labute approximate surface area is 252 Å². The van der Waals surface area contributed by atoms with E-state index in [0.29, 0.717) is 23.6 Å². The van der Waals surface area contributed by atoms with Crippen molar-refractivity contribution < 1.29 is 22.7 Å². The molecule has 41 heavy (non-hydrogen) atoms. The van der Waals surface area contributed by atoms with Gasteiger partial charge in [0.25, 0.3) is 10.0 Å². The van der Waals surface area contributed by atoms with Crippen LogP contribution in [0.4, 0.5) is 5.69 Å². The smallest absolute Gasteiger partial charge is 0.264 e. The fourth-order valence-electron chi connectivity index (χ4n) is 4.30. The number of anilines is 1. The molecule has 0 aliphatic heterocycles. The SMILES string of the molecule is CCCNC(=O)[C@H](CC)N(Cc1ccccc1Cl)C(=O)CN(c1cc(Cl)ccc1OC)S(=O)(=O)c1ccc(C)cc1. The van der Waals surface area contributed by atoms with Crippen molar-refractivity contribution in [2.24, 2.45) is 0 Å². The number of aryl methyl sites for hydroxylation is 1. The number of rotatable bonds is 13. The van der Waals surface area contributed by atoms with Crippen LogP contribution in [0.5, 0.6) is 5.75 Å². The molecule has 8 nitrogen and oxygen atoms in total. The van der Waals surface area contributed by atoms with Crippen LogP contribution in [0, 0.1) is 6.92 Å². The van der Waals surface area contributed by atoms with Crippen LogP contribution in [0.15, 0.2) is 71.6 Å². The molecule has 0 fully saturated rings. The summed E-state index contributed by atoms with van der Waals surface area (Å²) in [6.07, 6.45) is 1.02. The lowest BCUT2D eigenvalue weighted by Crippen LogP contribution is -2.52. The number of sulfonamides is 1. The average molecular weight is 621 g/mol. The summed E-state index contributed by atoms with van der Waals surface area (Å²) in [7, 11) is -2.87. The lowest BCUT2D eigenvalue weighted by molar-refractivity contribution is -0.140. The Morgan fingerprint density at radius 3 is 2.29 bits per heavy atom. The normalized spacial score (nSPS) is 12.0. The molecule has 3 rings (SSSR count). The number of nitrogens with zero attached hydrogens (tertiary/aromatic N) is 2. The highest BCUT2D eigenvalue weighted by molar-refractivity contribution is 7.92. The molecule has 0 radical (unpaired) electrons. The van der Waals surface area contributed by atoms with E-state index in [2.05, 4.69) is 5.32 Å². The van der Waals surface area contributed by atoms with Gasteiger partial charge in [-0.15, -0.1) is 0 Å². The summed E-state index contributed by atoms with van der Waals surface area (Å²) >= 11 is 12.7. The molecule has 0 bridgehead atoms. The fourth-order valence-corrected chi connectivity index (χ4v) is 6.08. The first-order chi connectivity index (χ1) is 19.5. The van der Waals surface area contributed by atoms with Gasteiger partial charge in [0.15, 0.2) is 0 Å². The van der Waals surface area contributed by atoms with Gasteiger partial charge >= 0.3 is 0 Å². The maximum absolute atomic E-state index is 14.2. The molecule has 0 saturated heterocycles. The van der Waals surface area contributed by atoms with Gasteiger partial charge in [0, 0.05) is 23.1 Å². The third-order valence-corrected chi connectivity index (χ3v) is 8.91. The van der Waals surface area contributed by atoms with E-state index >= 15 is 0 Å². The molecule has 1 N–H and O–H groups in total. The fraction of sp³-hybridized carbons (Fsp3) is 0.333. The number of halogens is 2. The highest BCUT2D eigenvalue weighted by Crippen LogP contribution is 2.35. The second-order valence-corrected chi connectivity index (χ2v) is 12.2. The van der Waals surface area contributed by atoms with E-state index in [1.165, 1.54) is 36.3 Å². The molecule has 11 heteroatoms. The number of benzene rings is 3. The minimum Gasteiger partial charge on any atom is -0.495 e. The molecule has 220 valence electrons. The molecule has 0 aliphatic carbocycles. The van der Waals surface area contributed by atoms with Gasteiger partial charge in [0.2, 0.25) is 11.8 Å². The molecular weight excluding hydrogens is 585 g/mol. The molecule has 2 amide bonds. The Hall–Kier alpha value is -3.27. The monoisotopic (exact) mass is 619 g/mol. The van der Waals surface area contributed by atoms with Crippen LogP contribution in [0.25, 0.3) is 0 Å². The Morgan fingerprint density at radius 2 is 1.68 bits per heavy atom. The van der Waals surface area contributed by atoms with Gasteiger partial charge < -0.3 is 15.0 Å². The van der Waals surface area contributed by atoms with Crippen molar-refractivity contribution in [3.8, 4) is 5.75 Å². The Balaban J connectivity index is 2.13. The Bertz CT molecular complexity index is 1470. The molecule has 0 aromatic heterocycles. The highest BCUT2D eigenvalue weighted by atomic mass is 35.5. The van der Waals surface area contributed by atoms with Gasteiger partial charge in [0.1, 0.15) is 18.3 Å². The van der Waals surface area contributed by atoms with Crippen LogP contribution in [0.2, 0.25) is 10.0 Å². The van der Waals surface area contributed by atoms with Gasteiger partial charge in [0.05, 0.1) is 17.7 Å². The maximum atomic E-state index is 14.2. The summed E-state index contributed by atoms with van der Waals surface area (Å²) in [6.45, 7) is 5.40. The molecule has 0 heterocycles. The molecular formula is C30H35Cl2N3O5S. The maximum Gasteiger partial charge on any atom is 0.264 e. The van der Waals surface area contributed by atoms with Crippen molar-refractivity contribution in [3.05, 3.63) is 87.9 Å². The van der Waals surface area contributed by atoms with Gasteiger partial charge in [-0.25, -0.2) is 8.42 Å². The van der Waals surface area contributed by atoms with Crippen molar-refractivity contribution >= 4 is 50.7 Å². The third-order valence-electron chi connectivity index (χ3n) is 6.53. The van der Waals surface area contributed by atoms with E-state index in [4.69, 9.17) is 27.9 Å². The van der Waals surface area contributed by atoms with E-state index in [1.54, 1.807) is 49.4 Å².